The summed E-state index contributed by atoms with van der Waals surface area (Å²) in [6.45, 7) is 7.80. The van der Waals surface area contributed by atoms with Crippen LogP contribution in [0.25, 0.3) is 0 Å². The Labute approximate surface area is 210 Å². The summed E-state index contributed by atoms with van der Waals surface area (Å²) in [6.07, 6.45) is 2.09. The van der Waals surface area contributed by atoms with Crippen molar-refractivity contribution in [2.24, 2.45) is 10.9 Å². The van der Waals surface area contributed by atoms with Crippen molar-refractivity contribution in [3.05, 3.63) is 86.2 Å². The van der Waals surface area contributed by atoms with E-state index >= 15 is 0 Å². The van der Waals surface area contributed by atoms with E-state index in [0.29, 0.717) is 5.69 Å². The van der Waals surface area contributed by atoms with Crippen LogP contribution < -0.4 is 21.7 Å². The molecular weight excluding hydrogens is 460 g/mol. The zero-order valence-electron chi connectivity index (χ0n) is 21.5. The van der Waals surface area contributed by atoms with Gasteiger partial charge in [-0.1, -0.05) is 50.1 Å². The smallest absolute Gasteiger partial charge is 0.335 e. The molecular formula is C27H34N4O5. The van der Waals surface area contributed by atoms with E-state index in [1.807, 2.05) is 50.2 Å². The Kier molecular flexibility index (Phi) is 9.05. The van der Waals surface area contributed by atoms with Gasteiger partial charge in [0.15, 0.2) is 0 Å². The minimum atomic E-state index is -0.674. The van der Waals surface area contributed by atoms with E-state index < -0.39 is 23.3 Å². The molecule has 192 valence electrons. The van der Waals surface area contributed by atoms with Crippen LogP contribution in [0.5, 0.6) is 5.75 Å². The zero-order valence-corrected chi connectivity index (χ0v) is 21.5. The van der Waals surface area contributed by atoms with Crippen molar-refractivity contribution in [2.75, 3.05) is 7.11 Å². The molecule has 0 spiro atoms. The summed E-state index contributed by atoms with van der Waals surface area (Å²) in [4.78, 5) is 45.4. The van der Waals surface area contributed by atoms with Gasteiger partial charge in [0, 0.05) is 6.54 Å². The van der Waals surface area contributed by atoms with Gasteiger partial charge in [-0.15, -0.1) is 0 Å². The van der Waals surface area contributed by atoms with Gasteiger partial charge in [0.2, 0.25) is 5.62 Å². The maximum absolute atomic E-state index is 13.4. The van der Waals surface area contributed by atoms with Gasteiger partial charge in [-0.05, 0) is 50.1 Å². The highest BCUT2D eigenvalue weighted by atomic mass is 16.5. The van der Waals surface area contributed by atoms with Crippen molar-refractivity contribution in [3.8, 4) is 5.75 Å². The molecule has 0 saturated carbocycles. The number of carbonyl (C=O) groups excluding carboxylic acids is 1. The molecule has 9 heteroatoms. The maximum Gasteiger partial charge on any atom is 0.335 e. The van der Waals surface area contributed by atoms with Crippen molar-refractivity contribution in [1.29, 1.82) is 0 Å². The van der Waals surface area contributed by atoms with E-state index in [1.165, 1.54) is 11.7 Å². The second-order valence-corrected chi connectivity index (χ2v) is 8.97. The first-order chi connectivity index (χ1) is 17.2. The van der Waals surface area contributed by atoms with Crippen LogP contribution in [-0.4, -0.2) is 33.3 Å². The van der Waals surface area contributed by atoms with Crippen LogP contribution in [0.4, 0.5) is 5.69 Å². The predicted octanol–water partition coefficient (Wildman–Crippen LogP) is 3.30. The third-order valence-corrected chi connectivity index (χ3v) is 5.81. The summed E-state index contributed by atoms with van der Waals surface area (Å²) < 4.78 is 13.0. The number of aromatic amines is 1. The number of benzene rings is 2. The number of rotatable bonds is 10. The highest BCUT2D eigenvalue weighted by Gasteiger charge is 2.18. The number of hydrogen-bond acceptors (Lipinski definition) is 6. The van der Waals surface area contributed by atoms with E-state index in [2.05, 4.69) is 16.9 Å². The Balaban J connectivity index is 2.05. The average molecular weight is 495 g/mol. The molecule has 1 aromatic heterocycles. The molecule has 0 aliphatic rings. The third kappa shape index (κ3) is 6.84. The third-order valence-electron chi connectivity index (χ3n) is 5.81. The average Bonchev–Trinajstić information content (AvgIpc) is 2.86. The molecule has 2 atom stereocenters. The quantitative estimate of drug-likeness (QED) is 0.435. The largest absolute Gasteiger partial charge is 0.491 e. The molecule has 0 saturated heterocycles. The van der Waals surface area contributed by atoms with Crippen LogP contribution in [0.2, 0.25) is 0 Å². The van der Waals surface area contributed by atoms with Crippen LogP contribution in [0.3, 0.4) is 0 Å². The summed E-state index contributed by atoms with van der Waals surface area (Å²) in [5.74, 6) is -0.453. The van der Waals surface area contributed by atoms with Crippen molar-refractivity contribution in [1.82, 2.24) is 14.1 Å². The lowest BCUT2D eigenvalue weighted by Crippen LogP contribution is -2.51. The molecule has 3 aromatic rings. The van der Waals surface area contributed by atoms with Gasteiger partial charge in [0.05, 0.1) is 31.4 Å². The van der Waals surface area contributed by atoms with Crippen molar-refractivity contribution >= 4 is 11.7 Å². The number of aromatic nitrogens is 3. The van der Waals surface area contributed by atoms with E-state index in [1.54, 1.807) is 19.1 Å². The highest BCUT2D eigenvalue weighted by molar-refractivity contribution is 5.71. The standard InChI is InChI=1S/C27H34N4O5/c1-6-7-20(4)36-23-14-12-22(13-15-23)28-25-29-26(33)31(16-19(3)24(32)35-5)27(34)30(25)17-21-10-8-18(2)9-11-21/h8-15,19-20H,6-7,16-17H2,1-5H3,(H,28,29,33)/t19-,20-/m0/s1. The first kappa shape index (κ1) is 26.7. The molecule has 36 heavy (non-hydrogen) atoms. The summed E-state index contributed by atoms with van der Waals surface area (Å²) in [6, 6.07) is 14.9. The van der Waals surface area contributed by atoms with Crippen molar-refractivity contribution < 1.29 is 14.3 Å². The second-order valence-electron chi connectivity index (χ2n) is 8.97. The van der Waals surface area contributed by atoms with Gasteiger partial charge in [-0.2, -0.15) is 0 Å². The number of nitrogens with one attached hydrogen (secondary N) is 1. The minimum absolute atomic E-state index is 0.103. The molecule has 1 heterocycles. The monoisotopic (exact) mass is 494 g/mol. The Bertz CT molecular complexity index is 1350. The van der Waals surface area contributed by atoms with Gasteiger partial charge in [0.1, 0.15) is 5.75 Å². The summed E-state index contributed by atoms with van der Waals surface area (Å²) in [5.41, 5.74) is 1.41. The number of nitrogens with zero attached hydrogens (tertiary/aromatic N) is 3. The van der Waals surface area contributed by atoms with Gasteiger partial charge >= 0.3 is 17.3 Å². The maximum atomic E-state index is 13.4. The normalized spacial score (nSPS) is 13.3. The van der Waals surface area contributed by atoms with E-state index in [9.17, 15) is 14.4 Å². The molecule has 0 bridgehead atoms. The van der Waals surface area contributed by atoms with E-state index in [0.717, 1.165) is 34.3 Å². The van der Waals surface area contributed by atoms with Crippen LogP contribution in [-0.2, 0) is 22.6 Å². The minimum Gasteiger partial charge on any atom is -0.491 e. The van der Waals surface area contributed by atoms with Crippen molar-refractivity contribution in [3.63, 3.8) is 0 Å². The Morgan fingerprint density at radius 1 is 1.03 bits per heavy atom. The molecule has 0 radical (unpaired) electrons. The highest BCUT2D eigenvalue weighted by Crippen LogP contribution is 2.19. The lowest BCUT2D eigenvalue weighted by molar-refractivity contribution is -0.145. The van der Waals surface area contributed by atoms with Crippen LogP contribution in [0.1, 0.15) is 44.7 Å². The summed E-state index contributed by atoms with van der Waals surface area (Å²) >= 11 is 0. The van der Waals surface area contributed by atoms with Crippen LogP contribution in [0, 0.1) is 12.8 Å². The number of esters is 1. The fourth-order valence-electron chi connectivity index (χ4n) is 3.79. The number of hydrogen-bond donors (Lipinski definition) is 1. The molecule has 1 N–H and O–H groups in total. The first-order valence-electron chi connectivity index (χ1n) is 12.1. The molecule has 2 aromatic carbocycles. The van der Waals surface area contributed by atoms with Gasteiger partial charge in [-0.25, -0.2) is 19.1 Å². The summed E-state index contributed by atoms with van der Waals surface area (Å²) in [7, 11) is 1.27. The molecule has 3 rings (SSSR count). The molecule has 0 aliphatic carbocycles. The fraction of sp³-hybridized carbons (Fsp3) is 0.407. The number of carbonyl (C=O) groups is 1. The first-order valence-corrected chi connectivity index (χ1v) is 12.1. The SMILES string of the molecule is CCC[C@H](C)Oc1ccc(/N=c2\[nH]c(=O)n(C[C@H](C)C(=O)OC)c(=O)n2Cc2ccc(C)cc2)cc1. The van der Waals surface area contributed by atoms with Gasteiger partial charge in [0.25, 0.3) is 0 Å². The molecule has 0 amide bonds. The van der Waals surface area contributed by atoms with Crippen molar-refractivity contribution in [2.45, 2.75) is 59.7 Å². The second kappa shape index (κ2) is 12.2. The van der Waals surface area contributed by atoms with Gasteiger partial charge in [-0.3, -0.25) is 14.3 Å². The van der Waals surface area contributed by atoms with E-state index in [4.69, 9.17) is 9.47 Å². The lowest BCUT2D eigenvalue weighted by atomic mass is 10.1. The summed E-state index contributed by atoms with van der Waals surface area (Å²) in [5, 5.41) is 0. The number of aryl methyl sites for hydroxylation is 1. The Morgan fingerprint density at radius 2 is 1.69 bits per heavy atom. The number of H-pyrrole nitrogens is 1. The molecule has 0 fully saturated rings. The Morgan fingerprint density at radius 3 is 2.31 bits per heavy atom. The molecule has 0 unspecified atom stereocenters. The lowest BCUT2D eigenvalue weighted by Gasteiger charge is -2.14. The number of ether oxygens (including phenoxy) is 2. The zero-order chi connectivity index (χ0) is 26.2. The number of methoxy groups -OCH3 is 1. The van der Waals surface area contributed by atoms with E-state index in [-0.39, 0.29) is 24.8 Å². The molecule has 0 aliphatic heterocycles. The molecule has 9 nitrogen and oxygen atoms in total. The van der Waals surface area contributed by atoms with Gasteiger partial charge < -0.3 is 9.47 Å². The topological polar surface area (TPSA) is 108 Å². The van der Waals surface area contributed by atoms with Crippen LogP contribution in [0.15, 0.2) is 63.1 Å². The Hall–Kier alpha value is -3.88. The fourth-order valence-corrected chi connectivity index (χ4v) is 3.79. The predicted molar refractivity (Wildman–Crippen MR) is 137 cm³/mol. The van der Waals surface area contributed by atoms with Crippen LogP contribution >= 0.6 is 0 Å².